The van der Waals surface area contributed by atoms with Gasteiger partial charge in [-0.1, -0.05) is 13.8 Å². The van der Waals surface area contributed by atoms with E-state index in [1.807, 2.05) is 13.8 Å². The highest BCUT2D eigenvalue weighted by atomic mass is 31.1. The molecule has 3 heteroatoms. The molecule has 0 amide bonds. The highest BCUT2D eigenvalue weighted by molar-refractivity contribution is 7.73. The summed E-state index contributed by atoms with van der Waals surface area (Å²) in [7, 11) is 0.393. The first-order valence-corrected chi connectivity index (χ1v) is 4.87. The Morgan fingerprint density at radius 3 is 1.64 bits per heavy atom. The summed E-state index contributed by atoms with van der Waals surface area (Å²) in [4.78, 5) is 21.8. The molecule has 0 bridgehead atoms. The van der Waals surface area contributed by atoms with E-state index in [1.165, 1.54) is 0 Å². The average Bonchev–Trinajstić information content (AvgIpc) is 1.87. The van der Waals surface area contributed by atoms with Gasteiger partial charge in [0.05, 0.1) is 8.58 Å². The molecule has 0 fully saturated rings. The Morgan fingerprint density at radius 2 is 1.36 bits per heavy atom. The van der Waals surface area contributed by atoms with Crippen LogP contribution in [-0.4, -0.2) is 11.0 Å². The van der Waals surface area contributed by atoms with E-state index in [0.717, 1.165) is 12.8 Å². The van der Waals surface area contributed by atoms with Crippen molar-refractivity contribution < 1.29 is 9.59 Å². The SMILES string of the molecule is CCCC(=O)[P]C(=O)CCC. The van der Waals surface area contributed by atoms with Gasteiger partial charge in [0.1, 0.15) is 0 Å². The minimum absolute atomic E-state index is 0.0611. The standard InChI is InChI=1S/C8H14O2P/c1-3-5-7(9)11-8(10)6-4-2/h3-6H2,1-2H3. The molecule has 0 rings (SSSR count). The highest BCUT2D eigenvalue weighted by Crippen LogP contribution is 2.18. The van der Waals surface area contributed by atoms with Gasteiger partial charge in [0.15, 0.2) is 11.0 Å². The van der Waals surface area contributed by atoms with Crippen molar-refractivity contribution in [1.29, 1.82) is 0 Å². The van der Waals surface area contributed by atoms with Crippen LogP contribution >= 0.6 is 8.58 Å². The molecule has 0 saturated heterocycles. The van der Waals surface area contributed by atoms with Crippen molar-refractivity contribution in [2.24, 2.45) is 0 Å². The molecule has 0 saturated carbocycles. The smallest absolute Gasteiger partial charge is 0.167 e. The molecule has 0 unspecified atom stereocenters. The van der Waals surface area contributed by atoms with Gasteiger partial charge in [0.2, 0.25) is 0 Å². The predicted molar refractivity (Wildman–Crippen MR) is 46.8 cm³/mol. The van der Waals surface area contributed by atoms with Crippen LogP contribution in [0.5, 0.6) is 0 Å². The summed E-state index contributed by atoms with van der Waals surface area (Å²) >= 11 is 0. The molecule has 0 N–H and O–H groups in total. The summed E-state index contributed by atoms with van der Waals surface area (Å²) in [5, 5.41) is 0. The molecular weight excluding hydrogens is 159 g/mol. The average molecular weight is 173 g/mol. The van der Waals surface area contributed by atoms with Crippen LogP contribution in [0.25, 0.3) is 0 Å². The summed E-state index contributed by atoms with van der Waals surface area (Å²) in [5.41, 5.74) is 0.122. The lowest BCUT2D eigenvalue weighted by Crippen LogP contribution is -1.95. The molecule has 11 heavy (non-hydrogen) atoms. The molecule has 0 spiro atoms. The van der Waals surface area contributed by atoms with Gasteiger partial charge < -0.3 is 0 Å². The zero-order valence-corrected chi connectivity index (χ0v) is 7.99. The topological polar surface area (TPSA) is 34.1 Å². The van der Waals surface area contributed by atoms with Crippen molar-refractivity contribution in [3.63, 3.8) is 0 Å². The van der Waals surface area contributed by atoms with Crippen molar-refractivity contribution in [2.75, 3.05) is 0 Å². The molecule has 0 aromatic carbocycles. The molecular formula is C8H14O2P. The van der Waals surface area contributed by atoms with Crippen LogP contribution in [0.4, 0.5) is 0 Å². The van der Waals surface area contributed by atoms with E-state index >= 15 is 0 Å². The van der Waals surface area contributed by atoms with Crippen LogP contribution in [0.1, 0.15) is 39.5 Å². The van der Waals surface area contributed by atoms with E-state index in [0.29, 0.717) is 21.4 Å². The van der Waals surface area contributed by atoms with Gasteiger partial charge in [-0.25, -0.2) is 0 Å². The second kappa shape index (κ2) is 6.48. The van der Waals surface area contributed by atoms with E-state index < -0.39 is 0 Å². The fraction of sp³-hybridized carbons (Fsp3) is 0.750. The quantitative estimate of drug-likeness (QED) is 0.578. The van der Waals surface area contributed by atoms with E-state index in [9.17, 15) is 9.59 Å². The zero-order chi connectivity index (χ0) is 8.69. The van der Waals surface area contributed by atoms with Crippen molar-refractivity contribution in [1.82, 2.24) is 0 Å². The van der Waals surface area contributed by atoms with Crippen molar-refractivity contribution in [3.05, 3.63) is 0 Å². The first-order chi connectivity index (χ1) is 5.20. The second-order valence-corrected chi connectivity index (χ2v) is 3.62. The lowest BCUT2D eigenvalue weighted by molar-refractivity contribution is -0.113. The summed E-state index contributed by atoms with van der Waals surface area (Å²) in [6.45, 7) is 3.88. The van der Waals surface area contributed by atoms with Crippen LogP contribution in [0.15, 0.2) is 0 Å². The summed E-state index contributed by atoms with van der Waals surface area (Å²) in [6.07, 6.45) is 2.75. The number of hydrogen-bond donors (Lipinski definition) is 0. The van der Waals surface area contributed by atoms with E-state index in [4.69, 9.17) is 0 Å². The largest absolute Gasteiger partial charge is 0.294 e. The molecule has 2 nitrogen and oxygen atoms in total. The number of carbonyl (C=O) groups is 2. The van der Waals surface area contributed by atoms with E-state index in [2.05, 4.69) is 0 Å². The lowest BCUT2D eigenvalue weighted by Gasteiger charge is -1.94. The third-order valence-corrected chi connectivity index (χ3v) is 2.12. The zero-order valence-electron chi connectivity index (χ0n) is 7.09. The normalized spacial score (nSPS) is 9.64. The van der Waals surface area contributed by atoms with Crippen molar-refractivity contribution in [2.45, 2.75) is 39.5 Å². The molecule has 0 aliphatic rings. The van der Waals surface area contributed by atoms with Crippen molar-refractivity contribution >= 4 is 19.6 Å². The summed E-state index contributed by atoms with van der Waals surface area (Å²) in [5.74, 6) is 0. The van der Waals surface area contributed by atoms with Gasteiger partial charge in [0, 0.05) is 12.8 Å². The lowest BCUT2D eigenvalue weighted by atomic mass is 10.4. The fourth-order valence-corrected chi connectivity index (χ4v) is 1.63. The Labute approximate surface area is 69.5 Å². The van der Waals surface area contributed by atoms with Gasteiger partial charge in [-0.05, 0) is 12.8 Å². The number of hydrogen-bond acceptors (Lipinski definition) is 2. The Morgan fingerprint density at radius 1 is 1.00 bits per heavy atom. The maximum Gasteiger partial charge on any atom is 0.167 e. The van der Waals surface area contributed by atoms with Crippen LogP contribution in [0, 0.1) is 0 Å². The molecule has 63 valence electrons. The van der Waals surface area contributed by atoms with Gasteiger partial charge in [-0.15, -0.1) is 0 Å². The molecule has 0 aliphatic carbocycles. The predicted octanol–water partition coefficient (Wildman–Crippen LogP) is 2.59. The van der Waals surface area contributed by atoms with Gasteiger partial charge >= 0.3 is 0 Å². The molecule has 1 radical (unpaired) electrons. The fourth-order valence-electron chi connectivity index (χ4n) is 0.679. The summed E-state index contributed by atoms with van der Waals surface area (Å²) in [6, 6.07) is 0. The second-order valence-electron chi connectivity index (χ2n) is 2.40. The Balaban J connectivity index is 3.49. The van der Waals surface area contributed by atoms with Crippen LogP contribution in [0.3, 0.4) is 0 Å². The minimum Gasteiger partial charge on any atom is -0.294 e. The maximum absolute atomic E-state index is 10.9. The third kappa shape index (κ3) is 6.18. The molecule has 0 aromatic heterocycles. The minimum atomic E-state index is 0.0611. The monoisotopic (exact) mass is 173 g/mol. The third-order valence-electron chi connectivity index (χ3n) is 1.18. The van der Waals surface area contributed by atoms with Crippen LogP contribution < -0.4 is 0 Å². The van der Waals surface area contributed by atoms with E-state index in [-0.39, 0.29) is 11.0 Å². The Kier molecular flexibility index (Phi) is 6.34. The molecule has 0 aromatic rings. The maximum atomic E-state index is 10.9. The molecule has 0 aliphatic heterocycles. The molecule has 0 heterocycles. The van der Waals surface area contributed by atoms with Crippen LogP contribution in [0.2, 0.25) is 0 Å². The number of carbonyl (C=O) groups excluding carboxylic acids is 2. The Bertz CT molecular complexity index is 127. The van der Waals surface area contributed by atoms with Gasteiger partial charge in [-0.2, -0.15) is 0 Å². The molecule has 0 atom stereocenters. The first-order valence-electron chi connectivity index (χ1n) is 3.98. The number of rotatable bonds is 6. The van der Waals surface area contributed by atoms with Crippen molar-refractivity contribution in [3.8, 4) is 0 Å². The summed E-state index contributed by atoms with van der Waals surface area (Å²) < 4.78 is 0. The first kappa shape index (κ1) is 10.8. The van der Waals surface area contributed by atoms with Gasteiger partial charge in [0.25, 0.3) is 0 Å². The van der Waals surface area contributed by atoms with E-state index in [1.54, 1.807) is 0 Å². The highest BCUT2D eigenvalue weighted by Gasteiger charge is 2.07. The van der Waals surface area contributed by atoms with Gasteiger partial charge in [-0.3, -0.25) is 9.59 Å². The van der Waals surface area contributed by atoms with Crippen LogP contribution in [-0.2, 0) is 9.59 Å². The Hall–Kier alpha value is -0.230.